The molecule has 4 nitrogen and oxygen atoms in total. The zero-order valence-corrected chi connectivity index (χ0v) is 6.93. The lowest BCUT2D eigenvalue weighted by molar-refractivity contribution is 0.0954. The molecule has 0 aliphatic carbocycles. The molecular formula is C9H10O4. The fourth-order valence-electron chi connectivity index (χ4n) is 1.23. The van der Waals surface area contributed by atoms with E-state index in [0.29, 0.717) is 17.1 Å². The highest BCUT2D eigenvalue weighted by Crippen LogP contribution is 2.33. The second kappa shape index (κ2) is 3.24. The van der Waals surface area contributed by atoms with Crippen molar-refractivity contribution in [2.24, 2.45) is 0 Å². The third-order valence-electron chi connectivity index (χ3n) is 1.95. The van der Waals surface area contributed by atoms with Gasteiger partial charge in [-0.25, -0.2) is 0 Å². The van der Waals surface area contributed by atoms with Gasteiger partial charge in [0.05, 0.1) is 6.61 Å². The SMILES string of the molecule is OC[C@H](O)c1ccc2c(c1)OCO2. The Morgan fingerprint density at radius 1 is 1.31 bits per heavy atom. The quantitative estimate of drug-likeness (QED) is 0.696. The molecule has 0 aromatic heterocycles. The van der Waals surface area contributed by atoms with E-state index in [9.17, 15) is 5.11 Å². The molecule has 0 bridgehead atoms. The van der Waals surface area contributed by atoms with E-state index in [1.54, 1.807) is 18.2 Å². The van der Waals surface area contributed by atoms with Gasteiger partial charge in [-0.05, 0) is 17.7 Å². The molecule has 0 amide bonds. The van der Waals surface area contributed by atoms with Crippen LogP contribution >= 0.6 is 0 Å². The van der Waals surface area contributed by atoms with Crippen molar-refractivity contribution < 1.29 is 19.7 Å². The Morgan fingerprint density at radius 2 is 2.08 bits per heavy atom. The van der Waals surface area contributed by atoms with Gasteiger partial charge in [0.15, 0.2) is 11.5 Å². The van der Waals surface area contributed by atoms with E-state index >= 15 is 0 Å². The zero-order chi connectivity index (χ0) is 9.26. The van der Waals surface area contributed by atoms with E-state index in [1.807, 2.05) is 0 Å². The van der Waals surface area contributed by atoms with Crippen molar-refractivity contribution in [2.75, 3.05) is 13.4 Å². The van der Waals surface area contributed by atoms with Crippen LogP contribution in [0.1, 0.15) is 11.7 Å². The van der Waals surface area contributed by atoms with Crippen molar-refractivity contribution >= 4 is 0 Å². The smallest absolute Gasteiger partial charge is 0.231 e. The van der Waals surface area contributed by atoms with E-state index in [-0.39, 0.29) is 13.4 Å². The molecule has 1 aliphatic heterocycles. The molecular weight excluding hydrogens is 172 g/mol. The summed E-state index contributed by atoms with van der Waals surface area (Å²) in [5.74, 6) is 1.29. The Labute approximate surface area is 75.3 Å². The van der Waals surface area contributed by atoms with Crippen LogP contribution in [0.3, 0.4) is 0 Å². The van der Waals surface area contributed by atoms with E-state index in [1.165, 1.54) is 0 Å². The normalized spacial score (nSPS) is 15.8. The van der Waals surface area contributed by atoms with Crippen molar-refractivity contribution in [3.05, 3.63) is 23.8 Å². The first kappa shape index (κ1) is 8.34. The minimum atomic E-state index is -0.852. The number of hydrogen-bond acceptors (Lipinski definition) is 4. The minimum absolute atomic E-state index is 0.216. The first-order chi connectivity index (χ1) is 6.31. The Hall–Kier alpha value is -1.26. The van der Waals surface area contributed by atoms with Gasteiger partial charge in [-0.15, -0.1) is 0 Å². The van der Waals surface area contributed by atoms with Gasteiger partial charge in [0.25, 0.3) is 0 Å². The van der Waals surface area contributed by atoms with Crippen molar-refractivity contribution in [1.29, 1.82) is 0 Å². The standard InChI is InChI=1S/C9H10O4/c10-4-7(11)6-1-2-8-9(3-6)13-5-12-8/h1-3,7,10-11H,4-5H2/t7-/m0/s1. The predicted octanol–water partition coefficient (Wildman–Crippen LogP) is 0.441. The molecule has 2 rings (SSSR count). The fourth-order valence-corrected chi connectivity index (χ4v) is 1.23. The largest absolute Gasteiger partial charge is 0.454 e. The highest BCUT2D eigenvalue weighted by molar-refractivity contribution is 5.45. The number of aliphatic hydroxyl groups is 2. The maximum Gasteiger partial charge on any atom is 0.231 e. The second-order valence-corrected chi connectivity index (χ2v) is 2.81. The molecule has 0 fully saturated rings. The number of ether oxygens (including phenoxy) is 2. The molecule has 1 aliphatic rings. The van der Waals surface area contributed by atoms with Gasteiger partial charge in [0, 0.05) is 0 Å². The summed E-state index contributed by atoms with van der Waals surface area (Å²) < 4.78 is 10.2. The lowest BCUT2D eigenvalue weighted by atomic mass is 10.1. The molecule has 70 valence electrons. The minimum Gasteiger partial charge on any atom is -0.454 e. The van der Waals surface area contributed by atoms with Crippen molar-refractivity contribution in [2.45, 2.75) is 6.10 Å². The monoisotopic (exact) mass is 182 g/mol. The Kier molecular flexibility index (Phi) is 2.08. The molecule has 0 unspecified atom stereocenters. The number of benzene rings is 1. The Morgan fingerprint density at radius 3 is 2.85 bits per heavy atom. The van der Waals surface area contributed by atoms with Crippen LogP contribution in [0.5, 0.6) is 11.5 Å². The molecule has 0 saturated heterocycles. The predicted molar refractivity (Wildman–Crippen MR) is 44.6 cm³/mol. The van der Waals surface area contributed by atoms with Crippen LogP contribution in [0.2, 0.25) is 0 Å². The molecule has 13 heavy (non-hydrogen) atoms. The summed E-state index contributed by atoms with van der Waals surface area (Å²) in [5.41, 5.74) is 0.631. The topological polar surface area (TPSA) is 58.9 Å². The average Bonchev–Trinajstić information content (AvgIpc) is 2.63. The maximum atomic E-state index is 9.31. The highest BCUT2D eigenvalue weighted by Gasteiger charge is 2.15. The summed E-state index contributed by atoms with van der Waals surface area (Å²) in [7, 11) is 0. The summed E-state index contributed by atoms with van der Waals surface area (Å²) in [6, 6.07) is 5.09. The molecule has 1 aromatic rings. The number of rotatable bonds is 2. The van der Waals surface area contributed by atoms with Gasteiger partial charge in [-0.2, -0.15) is 0 Å². The fraction of sp³-hybridized carbons (Fsp3) is 0.333. The van der Waals surface area contributed by atoms with Gasteiger partial charge >= 0.3 is 0 Å². The Bertz CT molecular complexity index is 310. The van der Waals surface area contributed by atoms with E-state index in [2.05, 4.69) is 0 Å². The first-order valence-corrected chi connectivity index (χ1v) is 3.99. The van der Waals surface area contributed by atoms with Crippen molar-refractivity contribution in [1.82, 2.24) is 0 Å². The van der Waals surface area contributed by atoms with Crippen LogP contribution in [-0.4, -0.2) is 23.6 Å². The summed E-state index contributed by atoms with van der Waals surface area (Å²) in [6.45, 7) is -0.0757. The summed E-state index contributed by atoms with van der Waals surface area (Å²) >= 11 is 0. The highest BCUT2D eigenvalue weighted by atomic mass is 16.7. The van der Waals surface area contributed by atoms with Crippen LogP contribution in [0, 0.1) is 0 Å². The van der Waals surface area contributed by atoms with Crippen molar-refractivity contribution in [3.8, 4) is 11.5 Å². The first-order valence-electron chi connectivity index (χ1n) is 3.99. The third kappa shape index (κ3) is 1.46. The van der Waals surface area contributed by atoms with Crippen LogP contribution in [0.25, 0.3) is 0 Å². The van der Waals surface area contributed by atoms with Gasteiger partial charge < -0.3 is 19.7 Å². The number of aliphatic hydroxyl groups excluding tert-OH is 2. The molecule has 0 saturated carbocycles. The van der Waals surface area contributed by atoms with E-state index < -0.39 is 6.10 Å². The molecule has 4 heteroatoms. The molecule has 0 spiro atoms. The van der Waals surface area contributed by atoms with Crippen molar-refractivity contribution in [3.63, 3.8) is 0 Å². The molecule has 1 atom stereocenters. The third-order valence-corrected chi connectivity index (χ3v) is 1.95. The molecule has 0 radical (unpaired) electrons. The van der Waals surface area contributed by atoms with Crippen LogP contribution < -0.4 is 9.47 Å². The summed E-state index contributed by atoms with van der Waals surface area (Å²) in [4.78, 5) is 0. The summed E-state index contributed by atoms with van der Waals surface area (Å²) in [5, 5.41) is 18.0. The number of hydrogen-bond donors (Lipinski definition) is 2. The number of fused-ring (bicyclic) bond motifs is 1. The van der Waals surface area contributed by atoms with Crippen LogP contribution in [-0.2, 0) is 0 Å². The zero-order valence-electron chi connectivity index (χ0n) is 6.93. The van der Waals surface area contributed by atoms with Crippen LogP contribution in [0.15, 0.2) is 18.2 Å². The van der Waals surface area contributed by atoms with Gasteiger partial charge in [-0.3, -0.25) is 0 Å². The molecule has 1 heterocycles. The maximum absolute atomic E-state index is 9.31. The second-order valence-electron chi connectivity index (χ2n) is 2.81. The van der Waals surface area contributed by atoms with E-state index in [4.69, 9.17) is 14.6 Å². The Balaban J connectivity index is 2.30. The van der Waals surface area contributed by atoms with Crippen LogP contribution in [0.4, 0.5) is 0 Å². The lowest BCUT2D eigenvalue weighted by Crippen LogP contribution is -2.01. The molecule has 1 aromatic carbocycles. The van der Waals surface area contributed by atoms with E-state index in [0.717, 1.165) is 0 Å². The van der Waals surface area contributed by atoms with Gasteiger partial charge in [-0.1, -0.05) is 6.07 Å². The summed E-state index contributed by atoms with van der Waals surface area (Å²) in [6.07, 6.45) is -0.852. The van der Waals surface area contributed by atoms with Gasteiger partial charge in [0.1, 0.15) is 6.10 Å². The van der Waals surface area contributed by atoms with Gasteiger partial charge in [0.2, 0.25) is 6.79 Å². The average molecular weight is 182 g/mol. The molecule has 2 N–H and O–H groups in total. The lowest BCUT2D eigenvalue weighted by Gasteiger charge is -2.07.